The summed E-state index contributed by atoms with van der Waals surface area (Å²) in [5.41, 5.74) is 1.07. The summed E-state index contributed by atoms with van der Waals surface area (Å²) in [6, 6.07) is 5.89. The Hall–Kier alpha value is -1.07. The van der Waals surface area contributed by atoms with E-state index in [2.05, 4.69) is 40.4 Å². The van der Waals surface area contributed by atoms with E-state index in [9.17, 15) is 4.79 Å². The van der Waals surface area contributed by atoms with Crippen molar-refractivity contribution in [2.45, 2.75) is 26.8 Å². The zero-order valence-corrected chi connectivity index (χ0v) is 13.9. The molecule has 2 N–H and O–H groups in total. The van der Waals surface area contributed by atoms with Gasteiger partial charge in [0.25, 0.3) is 0 Å². The van der Waals surface area contributed by atoms with Gasteiger partial charge in [0, 0.05) is 36.1 Å². The number of hydrogen-bond donors (Lipinski definition) is 2. The molecule has 0 unspecified atom stereocenters. The predicted octanol–water partition coefficient (Wildman–Crippen LogP) is 2.71. The topological polar surface area (TPSA) is 50.4 Å². The summed E-state index contributed by atoms with van der Waals surface area (Å²) >= 11 is 3.44. The molecule has 1 amide bonds. The summed E-state index contributed by atoms with van der Waals surface area (Å²) in [6.07, 6.45) is 0.489. The van der Waals surface area contributed by atoms with Gasteiger partial charge in [-0.2, -0.15) is 0 Å². The Morgan fingerprint density at radius 1 is 1.40 bits per heavy atom. The monoisotopic (exact) mass is 342 g/mol. The molecule has 0 atom stereocenters. The molecule has 20 heavy (non-hydrogen) atoms. The lowest BCUT2D eigenvalue weighted by Gasteiger charge is -2.11. The second-order valence-corrected chi connectivity index (χ2v) is 6.00. The van der Waals surface area contributed by atoms with E-state index in [0.29, 0.717) is 25.4 Å². The van der Waals surface area contributed by atoms with Crippen molar-refractivity contribution < 1.29 is 9.53 Å². The molecule has 112 valence electrons. The second-order valence-electron chi connectivity index (χ2n) is 5.08. The van der Waals surface area contributed by atoms with Crippen LogP contribution in [0, 0.1) is 5.92 Å². The molecule has 0 aliphatic heterocycles. The van der Waals surface area contributed by atoms with E-state index in [1.54, 1.807) is 7.11 Å². The van der Waals surface area contributed by atoms with Crippen LogP contribution in [0.4, 0.5) is 0 Å². The Morgan fingerprint density at radius 2 is 2.15 bits per heavy atom. The first-order valence-electron chi connectivity index (χ1n) is 6.82. The number of halogens is 1. The number of nitrogens with one attached hydrogen (secondary N) is 2. The number of benzene rings is 1. The Balaban J connectivity index is 2.30. The smallest absolute Gasteiger partial charge is 0.221 e. The Kier molecular flexibility index (Phi) is 7.62. The van der Waals surface area contributed by atoms with Crippen LogP contribution in [0.2, 0.25) is 0 Å². The number of rotatable bonds is 8. The molecule has 1 aromatic rings. The summed E-state index contributed by atoms with van der Waals surface area (Å²) in [5, 5.41) is 6.16. The maximum absolute atomic E-state index is 11.6. The van der Waals surface area contributed by atoms with E-state index in [1.165, 1.54) is 0 Å². The summed E-state index contributed by atoms with van der Waals surface area (Å²) in [7, 11) is 1.66. The van der Waals surface area contributed by atoms with E-state index in [0.717, 1.165) is 22.3 Å². The lowest BCUT2D eigenvalue weighted by molar-refractivity contribution is -0.121. The van der Waals surface area contributed by atoms with Crippen LogP contribution in [0.25, 0.3) is 0 Å². The summed E-state index contributed by atoms with van der Waals surface area (Å²) in [5.74, 6) is 1.43. The Bertz CT molecular complexity index is 436. The Labute approximate surface area is 129 Å². The quantitative estimate of drug-likeness (QED) is 0.714. The third-order valence-electron chi connectivity index (χ3n) is 2.79. The third kappa shape index (κ3) is 6.39. The van der Waals surface area contributed by atoms with Crippen LogP contribution in [-0.2, 0) is 11.3 Å². The molecule has 0 bridgehead atoms. The van der Waals surface area contributed by atoms with E-state index < -0.39 is 0 Å². The van der Waals surface area contributed by atoms with E-state index in [1.807, 2.05) is 18.2 Å². The van der Waals surface area contributed by atoms with Gasteiger partial charge in [-0.25, -0.2) is 0 Å². The molecule has 0 aliphatic carbocycles. The average Bonchev–Trinajstić information content (AvgIpc) is 2.41. The highest BCUT2D eigenvalue weighted by atomic mass is 79.9. The molecular formula is C15H23BrN2O2. The van der Waals surface area contributed by atoms with Crippen LogP contribution in [0.1, 0.15) is 25.8 Å². The van der Waals surface area contributed by atoms with Gasteiger partial charge in [0.15, 0.2) is 0 Å². The van der Waals surface area contributed by atoms with Crippen LogP contribution < -0.4 is 15.4 Å². The van der Waals surface area contributed by atoms with Gasteiger partial charge in [-0.1, -0.05) is 29.8 Å². The van der Waals surface area contributed by atoms with Crippen LogP contribution in [0.3, 0.4) is 0 Å². The van der Waals surface area contributed by atoms with E-state index >= 15 is 0 Å². The molecule has 1 rings (SSSR count). The first kappa shape index (κ1) is 17.0. The highest BCUT2D eigenvalue weighted by molar-refractivity contribution is 9.10. The van der Waals surface area contributed by atoms with Gasteiger partial charge in [0.1, 0.15) is 5.75 Å². The maximum Gasteiger partial charge on any atom is 0.221 e. The third-order valence-corrected chi connectivity index (χ3v) is 3.29. The van der Waals surface area contributed by atoms with Crippen molar-refractivity contribution in [2.24, 2.45) is 5.92 Å². The van der Waals surface area contributed by atoms with Crippen molar-refractivity contribution in [1.29, 1.82) is 0 Å². The molecule has 0 fully saturated rings. The molecule has 0 aliphatic rings. The van der Waals surface area contributed by atoms with Crippen molar-refractivity contribution in [2.75, 3.05) is 20.2 Å². The second kappa shape index (κ2) is 8.97. The van der Waals surface area contributed by atoms with Gasteiger partial charge in [-0.15, -0.1) is 0 Å². The number of carbonyl (C=O) groups excluding carboxylic acids is 1. The first-order valence-corrected chi connectivity index (χ1v) is 7.62. The highest BCUT2D eigenvalue weighted by Gasteiger charge is 2.05. The van der Waals surface area contributed by atoms with Gasteiger partial charge in [-0.05, 0) is 24.1 Å². The molecular weight excluding hydrogens is 320 g/mol. The highest BCUT2D eigenvalue weighted by Crippen LogP contribution is 2.22. The minimum Gasteiger partial charge on any atom is -0.496 e. The fraction of sp³-hybridized carbons (Fsp3) is 0.533. The van der Waals surface area contributed by atoms with Crippen LogP contribution in [0.15, 0.2) is 22.7 Å². The van der Waals surface area contributed by atoms with Gasteiger partial charge in [0.05, 0.1) is 7.11 Å². The summed E-state index contributed by atoms with van der Waals surface area (Å²) in [4.78, 5) is 11.6. The zero-order chi connectivity index (χ0) is 15.0. The minimum absolute atomic E-state index is 0.0902. The van der Waals surface area contributed by atoms with Crippen LogP contribution >= 0.6 is 15.9 Å². The van der Waals surface area contributed by atoms with Crippen molar-refractivity contribution in [1.82, 2.24) is 10.6 Å². The van der Waals surface area contributed by atoms with Crippen LogP contribution in [-0.4, -0.2) is 26.1 Å². The van der Waals surface area contributed by atoms with E-state index in [-0.39, 0.29) is 5.91 Å². The molecule has 0 saturated heterocycles. The van der Waals surface area contributed by atoms with Gasteiger partial charge in [-0.3, -0.25) is 4.79 Å². The van der Waals surface area contributed by atoms with Crippen molar-refractivity contribution in [3.8, 4) is 5.75 Å². The normalized spacial score (nSPS) is 10.7. The number of methoxy groups -OCH3 is 1. The lowest BCUT2D eigenvalue weighted by Crippen LogP contribution is -2.30. The molecule has 1 aromatic carbocycles. The fourth-order valence-corrected chi connectivity index (χ4v) is 2.13. The molecule has 5 heteroatoms. The van der Waals surface area contributed by atoms with Crippen LogP contribution in [0.5, 0.6) is 5.75 Å². The van der Waals surface area contributed by atoms with Crippen molar-refractivity contribution >= 4 is 21.8 Å². The molecule has 0 aromatic heterocycles. The standard InChI is InChI=1S/C15H23BrN2O2/c1-11(2)9-18-15(19)6-7-17-10-12-8-13(16)4-5-14(12)20-3/h4-5,8,11,17H,6-7,9-10H2,1-3H3,(H,18,19). The SMILES string of the molecule is COc1ccc(Br)cc1CNCCC(=O)NCC(C)C. The molecule has 0 spiro atoms. The molecule has 4 nitrogen and oxygen atoms in total. The summed E-state index contributed by atoms with van der Waals surface area (Å²) in [6.45, 7) is 6.23. The number of amides is 1. The van der Waals surface area contributed by atoms with Gasteiger partial charge in [0.2, 0.25) is 5.91 Å². The zero-order valence-electron chi connectivity index (χ0n) is 12.3. The van der Waals surface area contributed by atoms with Crippen molar-refractivity contribution in [3.05, 3.63) is 28.2 Å². The van der Waals surface area contributed by atoms with Crippen molar-refractivity contribution in [3.63, 3.8) is 0 Å². The number of ether oxygens (including phenoxy) is 1. The predicted molar refractivity (Wildman–Crippen MR) is 84.9 cm³/mol. The van der Waals surface area contributed by atoms with E-state index in [4.69, 9.17) is 4.74 Å². The molecule has 0 saturated carbocycles. The molecule has 0 radical (unpaired) electrons. The first-order chi connectivity index (χ1) is 9.52. The molecule has 0 heterocycles. The number of hydrogen-bond acceptors (Lipinski definition) is 3. The van der Waals surface area contributed by atoms with Gasteiger partial charge < -0.3 is 15.4 Å². The largest absolute Gasteiger partial charge is 0.496 e. The number of carbonyl (C=O) groups is 1. The Morgan fingerprint density at radius 3 is 2.80 bits per heavy atom. The van der Waals surface area contributed by atoms with Gasteiger partial charge >= 0.3 is 0 Å². The lowest BCUT2D eigenvalue weighted by atomic mass is 10.2. The summed E-state index contributed by atoms with van der Waals surface area (Å²) < 4.78 is 6.32. The fourth-order valence-electron chi connectivity index (χ4n) is 1.72. The average molecular weight is 343 g/mol. The maximum atomic E-state index is 11.6. The minimum atomic E-state index is 0.0902.